The van der Waals surface area contributed by atoms with Crippen LogP contribution < -0.4 is 10.9 Å². The molecule has 1 aromatic heterocycles. The number of rotatable bonds is 4. The fourth-order valence-electron chi connectivity index (χ4n) is 1.74. The molecule has 0 aliphatic rings. The van der Waals surface area contributed by atoms with Crippen LogP contribution in [-0.4, -0.2) is 24.6 Å². The number of ether oxygens (including phenoxy) is 1. The molecule has 2 N–H and O–H groups in total. The number of esters is 1. The Morgan fingerprint density at radius 2 is 2.06 bits per heavy atom. The monoisotopic (exact) mass is 238 g/mol. The van der Waals surface area contributed by atoms with Crippen LogP contribution in [0.4, 0.5) is 5.69 Å². The van der Waals surface area contributed by atoms with E-state index < -0.39 is 5.97 Å². The number of aryl methyl sites for hydroxylation is 1. The second-order valence-corrected chi connectivity index (χ2v) is 3.87. The lowest BCUT2D eigenvalue weighted by atomic mass is 10.1. The summed E-state index contributed by atoms with van der Waals surface area (Å²) in [6.45, 7) is 6.12. The molecule has 0 atom stereocenters. The molecule has 5 heteroatoms. The highest BCUT2D eigenvalue weighted by Crippen LogP contribution is 2.17. The fourth-order valence-corrected chi connectivity index (χ4v) is 1.74. The van der Waals surface area contributed by atoms with Crippen molar-refractivity contribution in [2.24, 2.45) is 0 Å². The summed E-state index contributed by atoms with van der Waals surface area (Å²) >= 11 is 0. The van der Waals surface area contributed by atoms with Gasteiger partial charge in [0.15, 0.2) is 0 Å². The third-order valence-corrected chi connectivity index (χ3v) is 2.59. The molecule has 0 fully saturated rings. The number of carbonyl (C=O) groups is 1. The van der Waals surface area contributed by atoms with Gasteiger partial charge in [-0.05, 0) is 25.8 Å². The predicted octanol–water partition coefficient (Wildman–Crippen LogP) is 1.60. The van der Waals surface area contributed by atoms with Crippen molar-refractivity contribution in [2.45, 2.75) is 27.2 Å². The zero-order valence-electron chi connectivity index (χ0n) is 10.6. The lowest BCUT2D eigenvalue weighted by molar-refractivity contribution is 0.0598. The maximum atomic E-state index is 11.8. The summed E-state index contributed by atoms with van der Waals surface area (Å²) in [4.78, 5) is 26.0. The van der Waals surface area contributed by atoms with Gasteiger partial charge in [-0.15, -0.1) is 0 Å². The van der Waals surface area contributed by atoms with E-state index in [9.17, 15) is 9.59 Å². The first kappa shape index (κ1) is 13.3. The van der Waals surface area contributed by atoms with Gasteiger partial charge in [0, 0.05) is 12.2 Å². The van der Waals surface area contributed by atoms with Crippen LogP contribution in [0.2, 0.25) is 0 Å². The van der Waals surface area contributed by atoms with Gasteiger partial charge in [-0.2, -0.15) is 0 Å². The summed E-state index contributed by atoms with van der Waals surface area (Å²) in [5.74, 6) is -0.434. The third kappa shape index (κ3) is 2.67. The molecule has 0 aliphatic carbocycles. The van der Waals surface area contributed by atoms with Crippen molar-refractivity contribution in [1.82, 2.24) is 4.98 Å². The van der Waals surface area contributed by atoms with E-state index in [0.717, 1.165) is 6.42 Å². The smallest absolute Gasteiger partial charge is 0.339 e. The molecule has 94 valence electrons. The van der Waals surface area contributed by atoms with Crippen LogP contribution in [0.3, 0.4) is 0 Å². The number of pyridine rings is 1. The Hall–Kier alpha value is -1.78. The summed E-state index contributed by atoms with van der Waals surface area (Å²) < 4.78 is 4.71. The number of hydrogen-bond donors (Lipinski definition) is 2. The standard InChI is InChI=1S/C12H18N2O3/c1-5-6-13-10-7(2)9(12(16)17-4)8(3)14-11(10)15/h13H,5-6H2,1-4H3,(H,14,15). The normalized spacial score (nSPS) is 10.1. The van der Waals surface area contributed by atoms with E-state index in [1.807, 2.05) is 6.92 Å². The Morgan fingerprint density at radius 3 is 2.59 bits per heavy atom. The molecule has 0 amide bonds. The second kappa shape index (κ2) is 5.52. The second-order valence-electron chi connectivity index (χ2n) is 3.87. The predicted molar refractivity (Wildman–Crippen MR) is 66.7 cm³/mol. The minimum Gasteiger partial charge on any atom is -0.465 e. The van der Waals surface area contributed by atoms with Crippen LogP contribution in [0, 0.1) is 13.8 Å². The van der Waals surface area contributed by atoms with Gasteiger partial charge in [0.25, 0.3) is 5.56 Å². The molecule has 1 rings (SSSR count). The molecular formula is C12H18N2O3. The Labute approximate surface area is 100 Å². The Bertz CT molecular complexity index is 477. The molecule has 1 heterocycles. The third-order valence-electron chi connectivity index (χ3n) is 2.59. The van der Waals surface area contributed by atoms with Gasteiger partial charge in [0.2, 0.25) is 0 Å². The average Bonchev–Trinajstić information content (AvgIpc) is 2.28. The summed E-state index contributed by atoms with van der Waals surface area (Å²) in [6, 6.07) is 0. The topological polar surface area (TPSA) is 71.2 Å². The van der Waals surface area contributed by atoms with Crippen LogP contribution in [0.5, 0.6) is 0 Å². The molecule has 0 saturated carbocycles. The Balaban J connectivity index is 3.32. The number of carbonyl (C=O) groups excluding carboxylic acids is 1. The van der Waals surface area contributed by atoms with E-state index in [1.165, 1.54) is 7.11 Å². The highest BCUT2D eigenvalue weighted by molar-refractivity contribution is 5.93. The zero-order valence-corrected chi connectivity index (χ0v) is 10.6. The summed E-state index contributed by atoms with van der Waals surface area (Å²) in [5.41, 5.74) is 1.82. The quantitative estimate of drug-likeness (QED) is 0.782. The Morgan fingerprint density at radius 1 is 1.41 bits per heavy atom. The first-order chi connectivity index (χ1) is 8.02. The average molecular weight is 238 g/mol. The minimum atomic E-state index is -0.434. The van der Waals surface area contributed by atoms with Crippen LogP contribution in [0.25, 0.3) is 0 Å². The van der Waals surface area contributed by atoms with Crippen molar-refractivity contribution in [2.75, 3.05) is 19.0 Å². The van der Waals surface area contributed by atoms with Crippen molar-refractivity contribution in [3.05, 3.63) is 27.2 Å². The van der Waals surface area contributed by atoms with E-state index in [4.69, 9.17) is 4.74 Å². The lowest BCUT2D eigenvalue weighted by Crippen LogP contribution is -2.21. The SMILES string of the molecule is CCCNc1c(C)c(C(=O)OC)c(C)[nH]c1=O. The summed E-state index contributed by atoms with van der Waals surface area (Å²) in [6.07, 6.45) is 0.903. The first-order valence-corrected chi connectivity index (χ1v) is 5.58. The van der Waals surface area contributed by atoms with E-state index in [-0.39, 0.29) is 5.56 Å². The molecule has 0 aromatic carbocycles. The first-order valence-electron chi connectivity index (χ1n) is 5.58. The van der Waals surface area contributed by atoms with Gasteiger partial charge in [0.05, 0.1) is 12.7 Å². The molecule has 0 unspecified atom stereocenters. The van der Waals surface area contributed by atoms with Gasteiger partial charge in [-0.1, -0.05) is 6.92 Å². The molecule has 0 radical (unpaired) electrons. The molecule has 1 aromatic rings. The maximum absolute atomic E-state index is 11.8. The van der Waals surface area contributed by atoms with Crippen LogP contribution in [-0.2, 0) is 4.74 Å². The van der Waals surface area contributed by atoms with Crippen molar-refractivity contribution < 1.29 is 9.53 Å². The molecule has 0 spiro atoms. The van der Waals surface area contributed by atoms with Crippen molar-refractivity contribution in [1.29, 1.82) is 0 Å². The molecular weight excluding hydrogens is 220 g/mol. The summed E-state index contributed by atoms with van der Waals surface area (Å²) in [5, 5.41) is 3.03. The van der Waals surface area contributed by atoms with Crippen LogP contribution >= 0.6 is 0 Å². The molecule has 0 saturated heterocycles. The van der Waals surface area contributed by atoms with E-state index in [1.54, 1.807) is 13.8 Å². The van der Waals surface area contributed by atoms with E-state index in [0.29, 0.717) is 29.1 Å². The minimum absolute atomic E-state index is 0.207. The zero-order chi connectivity index (χ0) is 13.0. The number of H-pyrrole nitrogens is 1. The summed E-state index contributed by atoms with van der Waals surface area (Å²) in [7, 11) is 1.32. The number of aromatic nitrogens is 1. The number of hydrogen-bond acceptors (Lipinski definition) is 4. The number of nitrogens with one attached hydrogen (secondary N) is 2. The van der Waals surface area contributed by atoms with Gasteiger partial charge in [0.1, 0.15) is 5.69 Å². The number of methoxy groups -OCH3 is 1. The van der Waals surface area contributed by atoms with Crippen LogP contribution in [0.1, 0.15) is 35.0 Å². The highest BCUT2D eigenvalue weighted by Gasteiger charge is 2.18. The van der Waals surface area contributed by atoms with E-state index in [2.05, 4.69) is 10.3 Å². The largest absolute Gasteiger partial charge is 0.465 e. The number of anilines is 1. The van der Waals surface area contributed by atoms with Crippen molar-refractivity contribution in [3.8, 4) is 0 Å². The molecule has 0 aliphatic heterocycles. The van der Waals surface area contributed by atoms with E-state index >= 15 is 0 Å². The molecule has 17 heavy (non-hydrogen) atoms. The molecule has 5 nitrogen and oxygen atoms in total. The fraction of sp³-hybridized carbons (Fsp3) is 0.500. The van der Waals surface area contributed by atoms with Gasteiger partial charge < -0.3 is 15.0 Å². The maximum Gasteiger partial charge on any atom is 0.339 e. The Kier molecular flexibility index (Phi) is 4.31. The van der Waals surface area contributed by atoms with Crippen LogP contribution in [0.15, 0.2) is 4.79 Å². The van der Waals surface area contributed by atoms with Gasteiger partial charge in [-0.3, -0.25) is 4.79 Å². The highest BCUT2D eigenvalue weighted by atomic mass is 16.5. The van der Waals surface area contributed by atoms with Crippen molar-refractivity contribution in [3.63, 3.8) is 0 Å². The lowest BCUT2D eigenvalue weighted by Gasteiger charge is -2.13. The van der Waals surface area contributed by atoms with Gasteiger partial charge in [-0.25, -0.2) is 4.79 Å². The van der Waals surface area contributed by atoms with Crippen molar-refractivity contribution >= 4 is 11.7 Å². The molecule has 0 bridgehead atoms. The number of aromatic amines is 1. The van der Waals surface area contributed by atoms with Gasteiger partial charge >= 0.3 is 5.97 Å².